The number of rotatable bonds is 2. The van der Waals surface area contributed by atoms with Crippen LogP contribution in [-0.2, 0) is 14.3 Å². The number of hydrogen-bond acceptors (Lipinski definition) is 3. The van der Waals surface area contributed by atoms with Crippen molar-refractivity contribution in [1.29, 1.82) is 0 Å². The summed E-state index contributed by atoms with van der Waals surface area (Å²) in [5.74, 6) is 0.348. The fourth-order valence-corrected chi connectivity index (χ4v) is 1.28. The molecule has 3 nitrogen and oxygen atoms in total. The van der Waals surface area contributed by atoms with Crippen LogP contribution < -0.4 is 0 Å². The zero-order chi connectivity index (χ0) is 10.0. The topological polar surface area (TPSA) is 35.5 Å². The first kappa shape index (κ1) is 9.84. The fraction of sp³-hybridized carbons (Fsp3) is 0.500. The van der Waals surface area contributed by atoms with Gasteiger partial charge in [-0.1, -0.05) is 6.58 Å². The molecule has 0 aromatic carbocycles. The minimum absolute atomic E-state index is 0.0610. The molecule has 0 aliphatic carbocycles. The molecule has 0 bridgehead atoms. The van der Waals surface area contributed by atoms with Gasteiger partial charge in [0, 0.05) is 6.42 Å². The maximum absolute atomic E-state index is 11.2. The molecule has 0 amide bonds. The van der Waals surface area contributed by atoms with E-state index in [1.54, 1.807) is 6.92 Å². The van der Waals surface area contributed by atoms with Gasteiger partial charge in [-0.25, -0.2) is 4.79 Å². The van der Waals surface area contributed by atoms with Gasteiger partial charge in [-0.2, -0.15) is 0 Å². The van der Waals surface area contributed by atoms with Crippen molar-refractivity contribution >= 4 is 5.97 Å². The van der Waals surface area contributed by atoms with Crippen LogP contribution in [0.3, 0.4) is 0 Å². The van der Waals surface area contributed by atoms with Crippen molar-refractivity contribution in [2.75, 3.05) is 7.11 Å². The zero-order valence-electron chi connectivity index (χ0n) is 8.22. The fourth-order valence-electron chi connectivity index (χ4n) is 1.28. The van der Waals surface area contributed by atoms with Crippen LogP contribution >= 0.6 is 0 Å². The third-order valence-corrected chi connectivity index (χ3v) is 2.11. The first-order chi connectivity index (χ1) is 6.06. The third-order valence-electron chi connectivity index (χ3n) is 2.11. The highest BCUT2D eigenvalue weighted by Crippen LogP contribution is 2.28. The van der Waals surface area contributed by atoms with Crippen LogP contribution in [0.25, 0.3) is 0 Å². The number of hydrogen-bond donors (Lipinski definition) is 0. The summed E-state index contributed by atoms with van der Waals surface area (Å²) in [6.07, 6.45) is 0.516. The molecule has 0 spiro atoms. The number of ether oxygens (including phenoxy) is 2. The van der Waals surface area contributed by atoms with Gasteiger partial charge in [0.2, 0.25) is 0 Å². The van der Waals surface area contributed by atoms with E-state index in [2.05, 4.69) is 11.3 Å². The summed E-state index contributed by atoms with van der Waals surface area (Å²) in [6, 6.07) is 0. The lowest BCUT2D eigenvalue weighted by Gasteiger charge is -2.09. The largest absolute Gasteiger partial charge is 0.490 e. The van der Waals surface area contributed by atoms with Crippen LogP contribution in [0.2, 0.25) is 0 Å². The lowest BCUT2D eigenvalue weighted by atomic mass is 10.1. The Balaban J connectivity index is 2.73. The van der Waals surface area contributed by atoms with E-state index in [9.17, 15) is 4.79 Å². The van der Waals surface area contributed by atoms with E-state index in [0.717, 1.165) is 5.57 Å². The molecule has 0 aromatic heterocycles. The summed E-state index contributed by atoms with van der Waals surface area (Å²) in [5, 5.41) is 0. The van der Waals surface area contributed by atoms with Gasteiger partial charge in [0.15, 0.2) is 0 Å². The summed E-state index contributed by atoms with van der Waals surface area (Å²) in [4.78, 5) is 11.2. The van der Waals surface area contributed by atoms with Crippen molar-refractivity contribution in [1.82, 2.24) is 0 Å². The lowest BCUT2D eigenvalue weighted by molar-refractivity contribution is -0.136. The zero-order valence-corrected chi connectivity index (χ0v) is 8.22. The molecule has 0 saturated heterocycles. The second-order valence-electron chi connectivity index (χ2n) is 3.18. The molecule has 0 saturated carbocycles. The van der Waals surface area contributed by atoms with Crippen molar-refractivity contribution in [3.05, 3.63) is 23.5 Å². The molecular weight excluding hydrogens is 168 g/mol. The number of carbonyl (C=O) groups excluding carboxylic acids is 1. The number of methoxy groups -OCH3 is 1. The van der Waals surface area contributed by atoms with Crippen LogP contribution in [0.4, 0.5) is 0 Å². The van der Waals surface area contributed by atoms with Gasteiger partial charge in [-0.15, -0.1) is 0 Å². The number of esters is 1. The number of allylic oxidation sites excluding steroid dienone is 1. The Morgan fingerprint density at radius 3 is 2.69 bits per heavy atom. The maximum atomic E-state index is 11.2. The highest BCUT2D eigenvalue weighted by Gasteiger charge is 2.28. The maximum Gasteiger partial charge on any atom is 0.337 e. The highest BCUT2D eigenvalue weighted by molar-refractivity contribution is 5.89. The van der Waals surface area contributed by atoms with Gasteiger partial charge in [0.1, 0.15) is 11.9 Å². The molecule has 0 aromatic rings. The summed E-state index contributed by atoms with van der Waals surface area (Å²) < 4.78 is 10.1. The smallest absolute Gasteiger partial charge is 0.337 e. The predicted molar refractivity (Wildman–Crippen MR) is 49.0 cm³/mol. The van der Waals surface area contributed by atoms with E-state index in [-0.39, 0.29) is 12.1 Å². The molecule has 1 heterocycles. The molecule has 3 heteroatoms. The van der Waals surface area contributed by atoms with Crippen LogP contribution in [0.15, 0.2) is 23.5 Å². The Bertz CT molecular complexity index is 276. The average molecular weight is 182 g/mol. The van der Waals surface area contributed by atoms with E-state index in [4.69, 9.17) is 4.74 Å². The standard InChI is InChI=1S/C10H14O3/c1-6(2)9-5-8(7(3)13-9)10(11)12-4/h9H,1,5H2,2-4H3. The molecule has 1 aliphatic heterocycles. The molecule has 1 atom stereocenters. The van der Waals surface area contributed by atoms with Crippen molar-refractivity contribution in [3.63, 3.8) is 0 Å². The molecule has 0 radical (unpaired) electrons. The van der Waals surface area contributed by atoms with Gasteiger partial charge in [0.25, 0.3) is 0 Å². The Labute approximate surface area is 78.0 Å². The Morgan fingerprint density at radius 2 is 2.31 bits per heavy atom. The first-order valence-corrected chi connectivity index (χ1v) is 4.16. The molecule has 1 rings (SSSR count). The molecule has 1 aliphatic rings. The second-order valence-corrected chi connectivity index (χ2v) is 3.18. The molecule has 72 valence electrons. The SMILES string of the molecule is C=C(C)C1CC(C(=O)OC)=C(C)O1. The molecule has 0 fully saturated rings. The first-order valence-electron chi connectivity index (χ1n) is 4.16. The second kappa shape index (κ2) is 3.64. The Morgan fingerprint density at radius 1 is 1.69 bits per heavy atom. The third kappa shape index (κ3) is 1.91. The van der Waals surface area contributed by atoms with Crippen molar-refractivity contribution < 1.29 is 14.3 Å². The Kier molecular flexibility index (Phi) is 2.76. The van der Waals surface area contributed by atoms with Gasteiger partial charge >= 0.3 is 5.97 Å². The van der Waals surface area contributed by atoms with Gasteiger partial charge in [-0.05, 0) is 19.4 Å². The van der Waals surface area contributed by atoms with E-state index in [1.165, 1.54) is 7.11 Å². The van der Waals surface area contributed by atoms with E-state index >= 15 is 0 Å². The monoisotopic (exact) mass is 182 g/mol. The molecule has 1 unspecified atom stereocenters. The van der Waals surface area contributed by atoms with Crippen LogP contribution in [0.1, 0.15) is 20.3 Å². The summed E-state index contributed by atoms with van der Waals surface area (Å²) in [5.41, 5.74) is 1.55. The minimum atomic E-state index is -0.304. The summed E-state index contributed by atoms with van der Waals surface area (Å²) in [6.45, 7) is 7.45. The molecule has 0 N–H and O–H groups in total. The quantitative estimate of drug-likeness (QED) is 0.482. The predicted octanol–water partition coefficient (Wildman–Crippen LogP) is 1.80. The van der Waals surface area contributed by atoms with Crippen LogP contribution in [0.5, 0.6) is 0 Å². The van der Waals surface area contributed by atoms with Crippen molar-refractivity contribution in [3.8, 4) is 0 Å². The van der Waals surface area contributed by atoms with Crippen molar-refractivity contribution in [2.45, 2.75) is 26.4 Å². The molecule has 13 heavy (non-hydrogen) atoms. The van der Waals surface area contributed by atoms with Crippen LogP contribution in [-0.4, -0.2) is 19.2 Å². The average Bonchev–Trinajstić information content (AvgIpc) is 2.46. The lowest BCUT2D eigenvalue weighted by Crippen LogP contribution is -2.09. The summed E-state index contributed by atoms with van der Waals surface area (Å²) >= 11 is 0. The van der Waals surface area contributed by atoms with E-state index in [1.807, 2.05) is 6.92 Å². The minimum Gasteiger partial charge on any atom is -0.490 e. The van der Waals surface area contributed by atoms with Crippen molar-refractivity contribution in [2.24, 2.45) is 0 Å². The Hall–Kier alpha value is -1.25. The number of carbonyl (C=O) groups is 1. The van der Waals surface area contributed by atoms with E-state index < -0.39 is 0 Å². The van der Waals surface area contributed by atoms with Gasteiger partial charge in [0.05, 0.1) is 12.7 Å². The normalized spacial score (nSPS) is 21.3. The molecular formula is C10H14O3. The highest BCUT2D eigenvalue weighted by atomic mass is 16.5. The van der Waals surface area contributed by atoms with Gasteiger partial charge < -0.3 is 9.47 Å². The van der Waals surface area contributed by atoms with Crippen LogP contribution in [0, 0.1) is 0 Å². The van der Waals surface area contributed by atoms with E-state index in [0.29, 0.717) is 17.8 Å². The van der Waals surface area contributed by atoms with Gasteiger partial charge in [-0.3, -0.25) is 0 Å². The summed E-state index contributed by atoms with van der Waals surface area (Å²) in [7, 11) is 1.37.